The molecule has 0 bridgehead atoms. The monoisotopic (exact) mass is 475 g/mol. The molecule has 12 heteroatoms. The summed E-state index contributed by atoms with van der Waals surface area (Å²) in [4.78, 5) is 28.3. The number of aromatic nitrogens is 5. The lowest BCUT2D eigenvalue weighted by molar-refractivity contribution is -0.137. The Labute approximate surface area is 189 Å². The van der Waals surface area contributed by atoms with Gasteiger partial charge < -0.3 is 15.6 Å². The fraction of sp³-hybridized carbons (Fsp3) is 0.333. The van der Waals surface area contributed by atoms with Crippen molar-refractivity contribution in [2.75, 3.05) is 18.4 Å². The lowest BCUT2D eigenvalue weighted by Crippen LogP contribution is -2.38. The number of alkyl halides is 3. The average molecular weight is 476 g/mol. The van der Waals surface area contributed by atoms with E-state index in [-0.39, 0.29) is 28.8 Å². The molecule has 1 aliphatic heterocycles. The molecule has 0 aliphatic carbocycles. The second-order valence-electron chi connectivity index (χ2n) is 7.85. The molecular weight excluding hydrogens is 455 g/mol. The molecule has 8 nitrogen and oxygen atoms in total. The Bertz CT molecular complexity index is 1370. The predicted octanol–water partition coefficient (Wildman–Crippen LogP) is 3.72. The second kappa shape index (κ2) is 8.27. The normalized spacial score (nSPS) is 16.9. The number of hydrogen-bond acceptors (Lipinski definition) is 7. The molecule has 33 heavy (non-hydrogen) atoms. The van der Waals surface area contributed by atoms with Gasteiger partial charge in [0.2, 0.25) is 5.95 Å². The van der Waals surface area contributed by atoms with Crippen LogP contribution in [0, 0.1) is 6.92 Å². The molecule has 1 aliphatic rings. The van der Waals surface area contributed by atoms with Gasteiger partial charge in [0.25, 0.3) is 5.56 Å². The van der Waals surface area contributed by atoms with Gasteiger partial charge in [0, 0.05) is 47.5 Å². The van der Waals surface area contributed by atoms with Crippen molar-refractivity contribution in [1.82, 2.24) is 29.8 Å². The van der Waals surface area contributed by atoms with Crippen LogP contribution in [0.4, 0.5) is 19.1 Å². The summed E-state index contributed by atoms with van der Waals surface area (Å²) in [6, 6.07) is 1.62. The minimum Gasteiger partial charge on any atom is -0.356 e. The van der Waals surface area contributed by atoms with Gasteiger partial charge in [-0.25, -0.2) is 15.0 Å². The third-order valence-corrected chi connectivity index (χ3v) is 6.34. The summed E-state index contributed by atoms with van der Waals surface area (Å²) in [6.45, 7) is 3.42. The Balaban J connectivity index is 1.61. The molecule has 1 saturated heterocycles. The van der Waals surface area contributed by atoms with Crippen LogP contribution in [-0.4, -0.2) is 43.6 Å². The van der Waals surface area contributed by atoms with Gasteiger partial charge in [0.1, 0.15) is 11.1 Å². The number of anilines is 1. The van der Waals surface area contributed by atoms with Crippen LogP contribution in [0.5, 0.6) is 0 Å². The van der Waals surface area contributed by atoms with E-state index in [0.717, 1.165) is 30.6 Å². The van der Waals surface area contributed by atoms with E-state index < -0.39 is 17.3 Å². The number of piperidine rings is 1. The summed E-state index contributed by atoms with van der Waals surface area (Å²) in [5.74, 6) is 0.582. The van der Waals surface area contributed by atoms with Crippen LogP contribution in [-0.2, 0) is 6.18 Å². The van der Waals surface area contributed by atoms with Gasteiger partial charge >= 0.3 is 6.18 Å². The lowest BCUT2D eigenvalue weighted by Gasteiger charge is -2.24. The second-order valence-corrected chi connectivity index (χ2v) is 8.91. The van der Waals surface area contributed by atoms with E-state index in [1.165, 1.54) is 28.3 Å². The average Bonchev–Trinajstić information content (AvgIpc) is 3.41. The quantitative estimate of drug-likeness (QED) is 0.416. The molecule has 0 radical (unpaired) electrons. The Morgan fingerprint density at radius 2 is 2.15 bits per heavy atom. The highest BCUT2D eigenvalue weighted by Crippen LogP contribution is 2.38. The van der Waals surface area contributed by atoms with Crippen molar-refractivity contribution in [2.45, 2.75) is 32.0 Å². The Kier molecular flexibility index (Phi) is 5.41. The molecule has 0 saturated carbocycles. The maximum absolute atomic E-state index is 13.8. The number of pyridine rings is 1. The van der Waals surface area contributed by atoms with Gasteiger partial charge in [-0.15, -0.1) is 11.3 Å². The van der Waals surface area contributed by atoms with Crippen molar-refractivity contribution in [3.05, 3.63) is 51.0 Å². The Hall–Kier alpha value is -3.25. The van der Waals surface area contributed by atoms with Crippen molar-refractivity contribution in [1.29, 1.82) is 0 Å². The zero-order valence-electron chi connectivity index (χ0n) is 17.5. The first kappa shape index (κ1) is 21.6. The molecule has 172 valence electrons. The van der Waals surface area contributed by atoms with E-state index >= 15 is 0 Å². The SMILES string of the molecule is Cc1nc(-n2ccc3c(-c4nc(NC5CCCNC5)ncc4C(F)(F)F)c[nH]c3c2=O)cs1. The molecule has 1 fully saturated rings. The predicted molar refractivity (Wildman–Crippen MR) is 120 cm³/mol. The summed E-state index contributed by atoms with van der Waals surface area (Å²) in [5.41, 5.74) is -1.29. The molecule has 1 unspecified atom stereocenters. The minimum absolute atomic E-state index is 0.0278. The molecule has 0 amide bonds. The number of thiazole rings is 1. The van der Waals surface area contributed by atoms with Gasteiger partial charge in [0.05, 0.1) is 10.7 Å². The summed E-state index contributed by atoms with van der Waals surface area (Å²) >= 11 is 1.40. The van der Waals surface area contributed by atoms with Gasteiger partial charge in [0.15, 0.2) is 5.82 Å². The highest BCUT2D eigenvalue weighted by atomic mass is 32.1. The van der Waals surface area contributed by atoms with Crippen LogP contribution in [0.15, 0.2) is 34.8 Å². The maximum atomic E-state index is 13.8. The zero-order valence-corrected chi connectivity index (χ0v) is 18.3. The first-order valence-corrected chi connectivity index (χ1v) is 11.3. The summed E-state index contributed by atoms with van der Waals surface area (Å²) < 4.78 is 42.8. The van der Waals surface area contributed by atoms with E-state index in [1.54, 1.807) is 11.4 Å². The van der Waals surface area contributed by atoms with Gasteiger partial charge in [-0.1, -0.05) is 0 Å². The molecule has 3 N–H and O–H groups in total. The third-order valence-electron chi connectivity index (χ3n) is 5.58. The van der Waals surface area contributed by atoms with E-state index in [0.29, 0.717) is 17.7 Å². The van der Waals surface area contributed by atoms with E-state index in [2.05, 4.69) is 30.6 Å². The zero-order chi connectivity index (χ0) is 23.2. The summed E-state index contributed by atoms with van der Waals surface area (Å²) in [6.07, 6.45) is 0.855. The molecule has 0 aromatic carbocycles. The highest BCUT2D eigenvalue weighted by molar-refractivity contribution is 7.09. The van der Waals surface area contributed by atoms with Crippen molar-refractivity contribution in [3.8, 4) is 17.1 Å². The van der Waals surface area contributed by atoms with E-state index in [1.807, 2.05) is 6.92 Å². The van der Waals surface area contributed by atoms with Crippen LogP contribution in [0.2, 0.25) is 0 Å². The number of hydrogen-bond donors (Lipinski definition) is 3. The van der Waals surface area contributed by atoms with Crippen molar-refractivity contribution in [3.63, 3.8) is 0 Å². The maximum Gasteiger partial charge on any atom is 0.419 e. The molecule has 1 atom stereocenters. The molecule has 0 spiro atoms. The standard InChI is InChI=1S/C21H20F3N7OS/c1-11-28-16(10-33-11)31-6-4-13-14(8-26-18(13)19(31)32)17-15(21(22,23)24)9-27-20(30-17)29-12-3-2-5-25-7-12/h4,6,8-10,12,25-26H,2-3,5,7H2,1H3,(H,27,29,30). The number of H-pyrrole nitrogens is 1. The van der Waals surface area contributed by atoms with Crippen LogP contribution >= 0.6 is 11.3 Å². The smallest absolute Gasteiger partial charge is 0.356 e. The Morgan fingerprint density at radius 1 is 1.30 bits per heavy atom. The highest BCUT2D eigenvalue weighted by Gasteiger charge is 2.36. The van der Waals surface area contributed by atoms with Gasteiger partial charge in [-0.2, -0.15) is 13.2 Å². The number of nitrogens with one attached hydrogen (secondary N) is 3. The number of rotatable bonds is 4. The number of aromatic amines is 1. The lowest BCUT2D eigenvalue weighted by atomic mass is 10.1. The molecule has 4 aromatic rings. The van der Waals surface area contributed by atoms with Crippen molar-refractivity contribution >= 4 is 28.2 Å². The van der Waals surface area contributed by atoms with Crippen LogP contribution in [0.1, 0.15) is 23.4 Å². The summed E-state index contributed by atoms with van der Waals surface area (Å²) in [7, 11) is 0. The molecule has 4 aromatic heterocycles. The molecule has 5 heterocycles. The number of fused-ring (bicyclic) bond motifs is 1. The number of nitrogens with zero attached hydrogens (tertiary/aromatic N) is 4. The topological polar surface area (TPSA) is 101 Å². The van der Waals surface area contributed by atoms with Gasteiger partial charge in [-0.3, -0.25) is 9.36 Å². The largest absolute Gasteiger partial charge is 0.419 e. The summed E-state index contributed by atoms with van der Waals surface area (Å²) in [5, 5.41) is 9.25. The number of halogens is 3. The number of aryl methyl sites for hydroxylation is 1. The van der Waals surface area contributed by atoms with E-state index in [4.69, 9.17) is 0 Å². The fourth-order valence-corrected chi connectivity index (χ4v) is 4.57. The van der Waals surface area contributed by atoms with Crippen LogP contribution < -0.4 is 16.2 Å². The fourth-order valence-electron chi connectivity index (χ4n) is 3.98. The van der Waals surface area contributed by atoms with Crippen LogP contribution in [0.25, 0.3) is 28.0 Å². The van der Waals surface area contributed by atoms with E-state index in [9.17, 15) is 18.0 Å². The van der Waals surface area contributed by atoms with Gasteiger partial charge in [-0.05, 0) is 32.4 Å². The first-order chi connectivity index (χ1) is 15.8. The molecular formula is C21H20F3N7OS. The van der Waals surface area contributed by atoms with Crippen LogP contribution in [0.3, 0.4) is 0 Å². The molecule has 5 rings (SSSR count). The first-order valence-electron chi connectivity index (χ1n) is 10.4. The van der Waals surface area contributed by atoms with Crippen molar-refractivity contribution < 1.29 is 13.2 Å². The Morgan fingerprint density at radius 3 is 2.85 bits per heavy atom. The minimum atomic E-state index is -4.66. The third kappa shape index (κ3) is 4.11. The van der Waals surface area contributed by atoms with Crippen molar-refractivity contribution in [2.24, 2.45) is 0 Å².